The van der Waals surface area contributed by atoms with Crippen molar-refractivity contribution in [2.45, 2.75) is 38.3 Å². The van der Waals surface area contributed by atoms with Crippen molar-refractivity contribution in [3.63, 3.8) is 0 Å². The number of allylic oxidation sites excluding steroid dienone is 1. The number of methoxy groups -OCH3 is 1. The van der Waals surface area contributed by atoms with E-state index < -0.39 is 0 Å². The first-order valence-corrected chi connectivity index (χ1v) is 6.81. The first-order chi connectivity index (χ1) is 9.29. The number of carbonyl (C=O) groups is 1. The van der Waals surface area contributed by atoms with E-state index in [1.165, 1.54) is 19.1 Å². The number of ether oxygens (including phenoxy) is 1. The summed E-state index contributed by atoms with van der Waals surface area (Å²) >= 11 is 0. The Hall–Kier alpha value is -1.61. The Morgan fingerprint density at radius 1 is 1.32 bits per heavy atom. The van der Waals surface area contributed by atoms with Crippen molar-refractivity contribution in [1.82, 2.24) is 5.32 Å². The van der Waals surface area contributed by atoms with E-state index in [1.807, 2.05) is 18.2 Å². The average molecular weight is 259 g/mol. The van der Waals surface area contributed by atoms with E-state index in [9.17, 15) is 4.79 Å². The van der Waals surface area contributed by atoms with Gasteiger partial charge in [0.25, 0.3) is 0 Å². The van der Waals surface area contributed by atoms with Gasteiger partial charge in [0.2, 0.25) is 0 Å². The Morgan fingerprint density at radius 3 is 2.79 bits per heavy atom. The molecule has 1 N–H and O–H groups in total. The third-order valence-electron chi connectivity index (χ3n) is 3.53. The van der Waals surface area contributed by atoms with Gasteiger partial charge in [-0.05, 0) is 30.4 Å². The van der Waals surface area contributed by atoms with Crippen molar-refractivity contribution in [3.8, 4) is 0 Å². The summed E-state index contributed by atoms with van der Waals surface area (Å²) in [6.07, 6.45) is 8.26. The molecule has 0 radical (unpaired) electrons. The van der Waals surface area contributed by atoms with E-state index in [-0.39, 0.29) is 5.97 Å². The first kappa shape index (κ1) is 13.8. The van der Waals surface area contributed by atoms with Gasteiger partial charge in [0.15, 0.2) is 0 Å². The molecule has 19 heavy (non-hydrogen) atoms. The van der Waals surface area contributed by atoms with Crippen LogP contribution in [0.5, 0.6) is 0 Å². The van der Waals surface area contributed by atoms with Crippen LogP contribution < -0.4 is 5.32 Å². The second-order valence-corrected chi connectivity index (χ2v) is 4.88. The molecule has 0 bridgehead atoms. The van der Waals surface area contributed by atoms with Crippen LogP contribution in [0, 0.1) is 0 Å². The first-order valence-electron chi connectivity index (χ1n) is 6.81. The van der Waals surface area contributed by atoms with Crippen LogP contribution in [0.1, 0.15) is 30.4 Å². The molecule has 102 valence electrons. The average Bonchev–Trinajstić information content (AvgIpc) is 2.47. The molecule has 3 heteroatoms. The minimum absolute atomic E-state index is 0.187. The van der Waals surface area contributed by atoms with Crippen LogP contribution in [0.15, 0.2) is 36.4 Å². The van der Waals surface area contributed by atoms with Crippen molar-refractivity contribution >= 4 is 5.97 Å². The minimum Gasteiger partial charge on any atom is -0.469 e. The molecular weight excluding hydrogens is 238 g/mol. The molecule has 1 aliphatic rings. The Morgan fingerprint density at radius 2 is 2.11 bits per heavy atom. The standard InChI is InChI=1S/C16H21NO2/c1-19-16(18)11-13-7-5-6-8-14(13)12-17-15-9-3-2-4-10-15/h2-3,5-8,15,17H,4,9-12H2,1H3. The molecule has 0 aliphatic heterocycles. The lowest BCUT2D eigenvalue weighted by Crippen LogP contribution is -2.29. The zero-order chi connectivity index (χ0) is 13.5. The summed E-state index contributed by atoms with van der Waals surface area (Å²) in [5.74, 6) is -0.187. The van der Waals surface area contributed by atoms with E-state index in [1.54, 1.807) is 0 Å². The molecule has 0 spiro atoms. The Bertz CT molecular complexity index is 454. The van der Waals surface area contributed by atoms with E-state index in [4.69, 9.17) is 4.74 Å². The number of rotatable bonds is 5. The molecule has 3 nitrogen and oxygen atoms in total. The summed E-state index contributed by atoms with van der Waals surface area (Å²) in [5, 5.41) is 3.57. The lowest BCUT2D eigenvalue weighted by atomic mass is 10.0. The van der Waals surface area contributed by atoms with Gasteiger partial charge in [-0.15, -0.1) is 0 Å². The molecule has 0 saturated carbocycles. The second kappa shape index (κ2) is 7.10. The Kier molecular flexibility index (Phi) is 5.16. The molecule has 0 amide bonds. The van der Waals surface area contributed by atoms with Gasteiger partial charge in [-0.25, -0.2) is 0 Å². The lowest BCUT2D eigenvalue weighted by molar-refractivity contribution is -0.139. The van der Waals surface area contributed by atoms with E-state index in [0.29, 0.717) is 12.5 Å². The zero-order valence-corrected chi connectivity index (χ0v) is 11.4. The molecule has 1 aliphatic carbocycles. The highest BCUT2D eigenvalue weighted by Crippen LogP contribution is 2.14. The number of hydrogen-bond acceptors (Lipinski definition) is 3. The number of esters is 1. The monoisotopic (exact) mass is 259 g/mol. The third-order valence-corrected chi connectivity index (χ3v) is 3.53. The van der Waals surface area contributed by atoms with Gasteiger partial charge < -0.3 is 10.1 Å². The smallest absolute Gasteiger partial charge is 0.309 e. The molecule has 0 saturated heterocycles. The Balaban J connectivity index is 1.95. The van der Waals surface area contributed by atoms with Gasteiger partial charge in [0, 0.05) is 12.6 Å². The fourth-order valence-corrected chi connectivity index (χ4v) is 2.36. The van der Waals surface area contributed by atoms with Crippen molar-refractivity contribution in [2.24, 2.45) is 0 Å². The molecular formula is C16H21NO2. The summed E-state index contributed by atoms with van der Waals surface area (Å²) in [7, 11) is 1.43. The second-order valence-electron chi connectivity index (χ2n) is 4.88. The lowest BCUT2D eigenvalue weighted by Gasteiger charge is -2.20. The van der Waals surface area contributed by atoms with E-state index in [0.717, 1.165) is 24.9 Å². The normalized spacial score (nSPS) is 18.3. The summed E-state index contributed by atoms with van der Waals surface area (Å²) in [4.78, 5) is 11.4. The highest BCUT2D eigenvalue weighted by molar-refractivity contribution is 5.72. The van der Waals surface area contributed by atoms with Gasteiger partial charge >= 0.3 is 5.97 Å². The third kappa shape index (κ3) is 4.21. The fraction of sp³-hybridized carbons (Fsp3) is 0.438. The van der Waals surface area contributed by atoms with Crippen LogP contribution in [0.2, 0.25) is 0 Å². The quantitative estimate of drug-likeness (QED) is 0.652. The summed E-state index contributed by atoms with van der Waals surface area (Å²) in [6, 6.07) is 8.60. The molecule has 1 unspecified atom stereocenters. The van der Waals surface area contributed by atoms with Gasteiger partial charge in [-0.2, -0.15) is 0 Å². The molecule has 1 atom stereocenters. The molecule has 0 heterocycles. The van der Waals surface area contributed by atoms with Crippen LogP contribution in [0.4, 0.5) is 0 Å². The van der Waals surface area contributed by atoms with Gasteiger partial charge in [0.1, 0.15) is 0 Å². The summed E-state index contributed by atoms with van der Waals surface area (Å²) in [6.45, 7) is 0.811. The Labute approximate surface area is 114 Å². The topological polar surface area (TPSA) is 38.3 Å². The van der Waals surface area contributed by atoms with Gasteiger partial charge in [-0.1, -0.05) is 36.4 Å². The highest BCUT2D eigenvalue weighted by Gasteiger charge is 2.11. The molecule has 0 fully saturated rings. The van der Waals surface area contributed by atoms with Crippen molar-refractivity contribution in [3.05, 3.63) is 47.5 Å². The maximum absolute atomic E-state index is 11.4. The maximum Gasteiger partial charge on any atom is 0.309 e. The summed E-state index contributed by atoms with van der Waals surface area (Å²) < 4.78 is 4.74. The van der Waals surface area contributed by atoms with E-state index in [2.05, 4.69) is 23.5 Å². The number of hydrogen-bond donors (Lipinski definition) is 1. The fourth-order valence-electron chi connectivity index (χ4n) is 2.36. The van der Waals surface area contributed by atoms with Crippen molar-refractivity contribution < 1.29 is 9.53 Å². The molecule has 2 rings (SSSR count). The molecule has 1 aromatic carbocycles. The number of carbonyl (C=O) groups excluding carboxylic acids is 1. The largest absolute Gasteiger partial charge is 0.469 e. The summed E-state index contributed by atoms with van der Waals surface area (Å²) in [5.41, 5.74) is 2.23. The van der Waals surface area contributed by atoms with Crippen LogP contribution in [0.3, 0.4) is 0 Å². The maximum atomic E-state index is 11.4. The number of nitrogens with one attached hydrogen (secondary N) is 1. The predicted molar refractivity (Wildman–Crippen MR) is 75.8 cm³/mol. The zero-order valence-electron chi connectivity index (χ0n) is 11.4. The molecule has 0 aromatic heterocycles. The predicted octanol–water partition coefficient (Wildman–Crippen LogP) is 2.60. The van der Waals surface area contributed by atoms with Gasteiger partial charge in [-0.3, -0.25) is 4.79 Å². The van der Waals surface area contributed by atoms with Crippen LogP contribution in [0.25, 0.3) is 0 Å². The van der Waals surface area contributed by atoms with Gasteiger partial charge in [0.05, 0.1) is 13.5 Å². The van der Waals surface area contributed by atoms with Crippen LogP contribution in [-0.4, -0.2) is 19.1 Å². The minimum atomic E-state index is -0.187. The number of benzene rings is 1. The van der Waals surface area contributed by atoms with E-state index >= 15 is 0 Å². The van der Waals surface area contributed by atoms with Crippen molar-refractivity contribution in [1.29, 1.82) is 0 Å². The van der Waals surface area contributed by atoms with Crippen LogP contribution >= 0.6 is 0 Å². The highest BCUT2D eigenvalue weighted by atomic mass is 16.5. The van der Waals surface area contributed by atoms with Crippen LogP contribution in [-0.2, 0) is 22.5 Å². The SMILES string of the molecule is COC(=O)Cc1ccccc1CNC1CC=CCC1. The molecule has 1 aromatic rings. The van der Waals surface area contributed by atoms with Crippen molar-refractivity contribution in [2.75, 3.05) is 7.11 Å².